The maximum Gasteiger partial charge on any atom is 0.262 e. The van der Waals surface area contributed by atoms with Gasteiger partial charge in [-0.25, -0.2) is 4.98 Å². The summed E-state index contributed by atoms with van der Waals surface area (Å²) in [5.41, 5.74) is 3.02. The predicted octanol–water partition coefficient (Wildman–Crippen LogP) is 4.59. The first kappa shape index (κ1) is 23.6. The Hall–Kier alpha value is -2.51. The number of amides is 1. The first-order chi connectivity index (χ1) is 16.0. The molecule has 0 spiro atoms. The average Bonchev–Trinajstić information content (AvgIpc) is 3.25. The van der Waals surface area contributed by atoms with Crippen molar-refractivity contribution in [2.24, 2.45) is 0 Å². The first-order valence-electron chi connectivity index (χ1n) is 12.1. The van der Waals surface area contributed by atoms with Gasteiger partial charge in [0, 0.05) is 36.5 Å². The zero-order chi connectivity index (χ0) is 23.2. The van der Waals surface area contributed by atoms with Crippen molar-refractivity contribution in [3.8, 4) is 11.1 Å². The van der Waals surface area contributed by atoms with E-state index in [9.17, 15) is 9.59 Å². The second-order valence-corrected chi connectivity index (χ2v) is 9.98. The Balaban J connectivity index is 1.28. The molecule has 1 aliphatic rings. The molecular weight excluding hydrogens is 432 g/mol. The van der Waals surface area contributed by atoms with Crippen LogP contribution >= 0.6 is 11.3 Å². The molecule has 1 N–H and O–H groups in total. The van der Waals surface area contributed by atoms with Crippen molar-refractivity contribution in [3.05, 3.63) is 51.9 Å². The van der Waals surface area contributed by atoms with Gasteiger partial charge in [0.1, 0.15) is 4.83 Å². The maximum atomic E-state index is 13.1. The van der Waals surface area contributed by atoms with Crippen LogP contribution in [0.5, 0.6) is 0 Å². The lowest BCUT2D eigenvalue weighted by atomic mass is 10.0. The number of fused-ring (bicyclic) bond motifs is 1. The Bertz CT molecular complexity index is 1140. The summed E-state index contributed by atoms with van der Waals surface area (Å²) < 4.78 is 1.56. The monoisotopic (exact) mass is 466 g/mol. The number of aromatic nitrogens is 2. The molecule has 1 fully saturated rings. The first-order valence-corrected chi connectivity index (χ1v) is 13.0. The zero-order valence-corrected chi connectivity index (χ0v) is 20.5. The molecule has 6 nitrogen and oxygen atoms in total. The molecule has 1 atom stereocenters. The fourth-order valence-corrected chi connectivity index (χ4v) is 5.45. The molecule has 1 unspecified atom stereocenters. The van der Waals surface area contributed by atoms with E-state index >= 15 is 0 Å². The third-order valence-electron chi connectivity index (χ3n) is 6.64. The molecule has 3 aromatic rings. The Labute approximate surface area is 199 Å². The minimum atomic E-state index is -0.0831. The number of benzene rings is 1. The fourth-order valence-electron chi connectivity index (χ4n) is 4.54. The Morgan fingerprint density at radius 3 is 2.79 bits per heavy atom. The second kappa shape index (κ2) is 11.1. The number of unbranched alkanes of at least 4 members (excludes halogenated alkanes) is 1. The third-order valence-corrected chi connectivity index (χ3v) is 7.52. The minimum absolute atomic E-state index is 0.0163. The second-order valence-electron chi connectivity index (χ2n) is 9.13. The molecule has 3 heterocycles. The van der Waals surface area contributed by atoms with Crippen LogP contribution < -0.4 is 10.9 Å². The number of nitrogens with zero attached hydrogens (tertiary/aromatic N) is 3. The van der Waals surface area contributed by atoms with Gasteiger partial charge in [0.05, 0.1) is 11.7 Å². The average molecular weight is 467 g/mol. The Morgan fingerprint density at radius 2 is 2.00 bits per heavy atom. The van der Waals surface area contributed by atoms with Crippen LogP contribution in [-0.2, 0) is 11.3 Å². The van der Waals surface area contributed by atoms with Crippen molar-refractivity contribution < 1.29 is 4.79 Å². The molecule has 0 aliphatic carbocycles. The summed E-state index contributed by atoms with van der Waals surface area (Å²) in [6, 6.07) is 8.85. The van der Waals surface area contributed by atoms with Gasteiger partial charge in [0.15, 0.2) is 0 Å². The summed E-state index contributed by atoms with van der Waals surface area (Å²) in [5, 5.41) is 5.63. The topological polar surface area (TPSA) is 67.2 Å². The van der Waals surface area contributed by atoms with Crippen LogP contribution in [0.4, 0.5) is 0 Å². The van der Waals surface area contributed by atoms with Gasteiger partial charge in [-0.15, -0.1) is 11.3 Å². The summed E-state index contributed by atoms with van der Waals surface area (Å²) in [5.74, 6) is -0.0163. The Morgan fingerprint density at radius 1 is 1.18 bits per heavy atom. The number of carbonyl (C=O) groups is 1. The summed E-state index contributed by atoms with van der Waals surface area (Å²) in [6.07, 6.45) is 7.88. The van der Waals surface area contributed by atoms with E-state index in [2.05, 4.69) is 22.1 Å². The highest BCUT2D eigenvalue weighted by Gasteiger charge is 2.17. The van der Waals surface area contributed by atoms with Gasteiger partial charge in [-0.2, -0.15) is 0 Å². The molecule has 2 aromatic heterocycles. The van der Waals surface area contributed by atoms with Crippen LogP contribution in [0.25, 0.3) is 21.3 Å². The molecule has 1 saturated heterocycles. The third kappa shape index (κ3) is 5.89. The van der Waals surface area contributed by atoms with Crippen molar-refractivity contribution in [2.75, 3.05) is 19.6 Å². The van der Waals surface area contributed by atoms with E-state index in [-0.39, 0.29) is 17.9 Å². The van der Waals surface area contributed by atoms with Crippen LogP contribution in [0.2, 0.25) is 0 Å². The van der Waals surface area contributed by atoms with Crippen LogP contribution in [0.15, 0.2) is 40.8 Å². The van der Waals surface area contributed by atoms with Crippen molar-refractivity contribution in [3.63, 3.8) is 0 Å². The normalized spacial score (nSPS) is 16.8. The van der Waals surface area contributed by atoms with E-state index in [0.717, 1.165) is 35.3 Å². The molecule has 1 amide bonds. The number of thiophene rings is 1. The highest BCUT2D eigenvalue weighted by molar-refractivity contribution is 7.17. The van der Waals surface area contributed by atoms with E-state index in [1.807, 2.05) is 36.6 Å². The van der Waals surface area contributed by atoms with Gasteiger partial charge in [-0.3, -0.25) is 14.2 Å². The molecular formula is C26H34N4O2S. The highest BCUT2D eigenvalue weighted by Crippen LogP contribution is 2.30. The van der Waals surface area contributed by atoms with E-state index < -0.39 is 0 Å². The number of piperidine rings is 1. The number of hydrogen-bond acceptors (Lipinski definition) is 5. The SMILES string of the molecule is Cc1ccc(-c2csc3ncn(CCC(=O)NCCCCN4CCCCC4C)c(=O)c23)cc1. The summed E-state index contributed by atoms with van der Waals surface area (Å²) in [4.78, 5) is 33.2. The number of likely N-dealkylation sites (tertiary alicyclic amines) is 1. The van der Waals surface area contributed by atoms with Crippen molar-refractivity contribution in [1.82, 2.24) is 19.8 Å². The summed E-state index contributed by atoms with van der Waals surface area (Å²) in [6.45, 7) is 7.70. The van der Waals surface area contributed by atoms with E-state index in [4.69, 9.17) is 0 Å². The molecule has 0 radical (unpaired) electrons. The van der Waals surface area contributed by atoms with Crippen LogP contribution in [0.3, 0.4) is 0 Å². The van der Waals surface area contributed by atoms with Crippen LogP contribution in [0.1, 0.15) is 51.0 Å². The van der Waals surface area contributed by atoms with Gasteiger partial charge in [-0.05, 0) is 58.2 Å². The van der Waals surface area contributed by atoms with Gasteiger partial charge < -0.3 is 10.2 Å². The van der Waals surface area contributed by atoms with Gasteiger partial charge in [0.2, 0.25) is 5.91 Å². The van der Waals surface area contributed by atoms with Crippen LogP contribution in [-0.4, -0.2) is 46.0 Å². The van der Waals surface area contributed by atoms with Crippen LogP contribution in [0, 0.1) is 6.92 Å². The molecule has 0 bridgehead atoms. The Kier molecular flexibility index (Phi) is 7.93. The molecule has 33 heavy (non-hydrogen) atoms. The molecule has 0 saturated carbocycles. The largest absolute Gasteiger partial charge is 0.356 e. The van der Waals surface area contributed by atoms with E-state index in [0.29, 0.717) is 24.5 Å². The number of aryl methyl sites for hydroxylation is 2. The lowest BCUT2D eigenvalue weighted by Crippen LogP contribution is -2.38. The highest BCUT2D eigenvalue weighted by atomic mass is 32.1. The van der Waals surface area contributed by atoms with E-state index in [1.54, 1.807) is 10.9 Å². The molecule has 1 aliphatic heterocycles. The fraction of sp³-hybridized carbons (Fsp3) is 0.500. The summed E-state index contributed by atoms with van der Waals surface area (Å²) >= 11 is 1.48. The zero-order valence-electron chi connectivity index (χ0n) is 19.7. The van der Waals surface area contributed by atoms with Crippen molar-refractivity contribution in [1.29, 1.82) is 0 Å². The quantitative estimate of drug-likeness (QED) is 0.468. The van der Waals surface area contributed by atoms with Crippen molar-refractivity contribution in [2.45, 2.75) is 65.0 Å². The number of hydrogen-bond donors (Lipinski definition) is 1. The number of carbonyl (C=O) groups excluding carboxylic acids is 1. The van der Waals surface area contributed by atoms with Gasteiger partial charge in [0.25, 0.3) is 5.56 Å². The standard InChI is InChI=1S/C26H34N4O2S/c1-19-8-10-21(11-9-19)22-17-33-25-24(22)26(32)30(18-28-25)16-12-23(31)27-13-4-6-15-29-14-5-3-7-20(29)2/h8-11,17-18,20H,3-7,12-16H2,1-2H3,(H,27,31). The minimum Gasteiger partial charge on any atom is -0.356 e. The molecule has 176 valence electrons. The number of rotatable bonds is 9. The summed E-state index contributed by atoms with van der Waals surface area (Å²) in [7, 11) is 0. The lowest BCUT2D eigenvalue weighted by Gasteiger charge is -2.33. The molecule has 7 heteroatoms. The maximum absolute atomic E-state index is 13.1. The predicted molar refractivity (Wildman–Crippen MR) is 136 cm³/mol. The van der Waals surface area contributed by atoms with Crippen molar-refractivity contribution >= 4 is 27.5 Å². The molecule has 4 rings (SSSR count). The lowest BCUT2D eigenvalue weighted by molar-refractivity contribution is -0.121. The number of nitrogens with one attached hydrogen (secondary N) is 1. The van der Waals surface area contributed by atoms with Gasteiger partial charge in [-0.1, -0.05) is 36.2 Å². The van der Waals surface area contributed by atoms with E-state index in [1.165, 1.54) is 42.7 Å². The molecule has 1 aromatic carbocycles. The van der Waals surface area contributed by atoms with Gasteiger partial charge >= 0.3 is 0 Å². The smallest absolute Gasteiger partial charge is 0.262 e.